The maximum absolute atomic E-state index is 13.0. The van der Waals surface area contributed by atoms with Crippen molar-refractivity contribution in [2.24, 2.45) is 0 Å². The molecule has 0 saturated carbocycles. The molecule has 0 unspecified atom stereocenters. The van der Waals surface area contributed by atoms with Gasteiger partial charge in [-0.1, -0.05) is 11.6 Å². The van der Waals surface area contributed by atoms with Gasteiger partial charge < -0.3 is 10.1 Å². The maximum atomic E-state index is 13.0. The normalized spacial score (nSPS) is 11.1. The van der Waals surface area contributed by atoms with Crippen molar-refractivity contribution in [1.82, 2.24) is 19.7 Å². The predicted octanol–water partition coefficient (Wildman–Crippen LogP) is 2.57. The van der Waals surface area contributed by atoms with E-state index in [4.69, 9.17) is 16.7 Å². The first kappa shape index (κ1) is 12.6. The first-order chi connectivity index (χ1) is 9.58. The number of fused-ring (bicyclic) bond motifs is 1. The van der Waals surface area contributed by atoms with E-state index in [0.717, 1.165) is 0 Å². The van der Waals surface area contributed by atoms with Crippen molar-refractivity contribution >= 4 is 28.6 Å². The Bertz CT molecular complexity index is 811. The molecule has 2 aromatic heterocycles. The summed E-state index contributed by atoms with van der Waals surface area (Å²) in [5, 5.41) is 13.1. The molecule has 0 atom stereocenters. The number of alkyl halides is 1. The summed E-state index contributed by atoms with van der Waals surface area (Å²) in [5.41, 5.74) is 1.43. The molecule has 0 radical (unpaired) electrons. The fourth-order valence-electron chi connectivity index (χ4n) is 1.90. The molecule has 6 nitrogen and oxygen atoms in total. The fraction of sp³-hybridized carbons (Fsp3) is 0.0833. The van der Waals surface area contributed by atoms with Gasteiger partial charge in [0.1, 0.15) is 6.67 Å². The molecule has 0 amide bonds. The first-order valence-electron chi connectivity index (χ1n) is 5.61. The van der Waals surface area contributed by atoms with Crippen molar-refractivity contribution in [3.05, 3.63) is 40.7 Å². The quantitative estimate of drug-likeness (QED) is 0.777. The third-order valence-electron chi connectivity index (χ3n) is 2.82. The van der Waals surface area contributed by atoms with E-state index in [9.17, 15) is 9.18 Å². The molecule has 0 aliphatic rings. The van der Waals surface area contributed by atoms with Gasteiger partial charge in [0.15, 0.2) is 0 Å². The molecule has 102 valence electrons. The minimum absolute atomic E-state index is 0.0363. The van der Waals surface area contributed by atoms with Gasteiger partial charge in [-0.15, -0.1) is 0 Å². The Morgan fingerprint density at radius 1 is 1.50 bits per heavy atom. The minimum Gasteiger partial charge on any atom is -0.478 e. The van der Waals surface area contributed by atoms with Gasteiger partial charge in [-0.25, -0.2) is 18.9 Å². The number of benzene rings is 1. The number of halogens is 2. The van der Waals surface area contributed by atoms with E-state index in [2.05, 4.69) is 15.1 Å². The lowest BCUT2D eigenvalue weighted by Gasteiger charge is -1.97. The zero-order chi connectivity index (χ0) is 14.3. The average molecular weight is 295 g/mol. The standard InChI is InChI=1S/C12H8ClFN4O2/c13-8-1-6(3-14)10-9(2-8)16-12(17-10)18-5-7(4-15-18)11(19)20/h1-2,4-5H,3H2,(H,16,17)(H,19,20). The van der Waals surface area contributed by atoms with Gasteiger partial charge in [0.05, 0.1) is 22.8 Å². The Hall–Kier alpha value is -2.41. The van der Waals surface area contributed by atoms with Gasteiger partial charge in [0.25, 0.3) is 0 Å². The molecule has 0 fully saturated rings. The Labute approximate surface area is 116 Å². The van der Waals surface area contributed by atoms with Crippen LogP contribution in [-0.4, -0.2) is 30.8 Å². The monoisotopic (exact) mass is 294 g/mol. The molecule has 2 heterocycles. The number of nitrogens with one attached hydrogen (secondary N) is 1. The number of aromatic carboxylic acids is 1. The third-order valence-corrected chi connectivity index (χ3v) is 3.04. The predicted molar refractivity (Wildman–Crippen MR) is 70.0 cm³/mol. The molecule has 0 bridgehead atoms. The summed E-state index contributed by atoms with van der Waals surface area (Å²) in [6, 6.07) is 3.11. The highest BCUT2D eigenvalue weighted by Crippen LogP contribution is 2.24. The van der Waals surface area contributed by atoms with Gasteiger partial charge in [0, 0.05) is 16.8 Å². The van der Waals surface area contributed by atoms with Crippen LogP contribution in [0, 0.1) is 0 Å². The van der Waals surface area contributed by atoms with Gasteiger partial charge in [-0.3, -0.25) is 0 Å². The second kappa shape index (κ2) is 4.61. The summed E-state index contributed by atoms with van der Waals surface area (Å²) in [6.07, 6.45) is 2.52. The van der Waals surface area contributed by atoms with E-state index >= 15 is 0 Å². The number of H-pyrrole nitrogens is 1. The lowest BCUT2D eigenvalue weighted by molar-refractivity contribution is 0.0697. The lowest BCUT2D eigenvalue weighted by Crippen LogP contribution is -1.97. The Kier molecular flexibility index (Phi) is 2.90. The van der Waals surface area contributed by atoms with Crippen molar-refractivity contribution in [2.45, 2.75) is 6.67 Å². The number of hydrogen-bond acceptors (Lipinski definition) is 3. The summed E-state index contributed by atoms with van der Waals surface area (Å²) >= 11 is 5.88. The number of aromatic nitrogens is 4. The third kappa shape index (κ3) is 2.01. The lowest BCUT2D eigenvalue weighted by atomic mass is 10.2. The second-order valence-electron chi connectivity index (χ2n) is 4.13. The van der Waals surface area contributed by atoms with Crippen LogP contribution in [0.3, 0.4) is 0 Å². The number of carboxylic acid groups (broad SMARTS) is 1. The summed E-state index contributed by atoms with van der Waals surface area (Å²) < 4.78 is 14.2. The highest BCUT2D eigenvalue weighted by molar-refractivity contribution is 6.31. The van der Waals surface area contributed by atoms with E-state index in [0.29, 0.717) is 27.6 Å². The highest BCUT2D eigenvalue weighted by atomic mass is 35.5. The number of hydrogen-bond donors (Lipinski definition) is 2. The molecule has 2 N–H and O–H groups in total. The van der Waals surface area contributed by atoms with Crippen LogP contribution in [-0.2, 0) is 6.67 Å². The number of imidazole rings is 1. The molecule has 20 heavy (non-hydrogen) atoms. The summed E-state index contributed by atoms with van der Waals surface area (Å²) in [7, 11) is 0. The number of aromatic amines is 1. The first-order valence-corrected chi connectivity index (χ1v) is 5.98. The van der Waals surface area contributed by atoms with Crippen molar-refractivity contribution in [1.29, 1.82) is 0 Å². The molecule has 0 spiro atoms. The molecule has 8 heteroatoms. The van der Waals surface area contributed by atoms with Gasteiger partial charge in [-0.2, -0.15) is 5.10 Å². The maximum Gasteiger partial charge on any atom is 0.338 e. The number of carboxylic acids is 1. The van der Waals surface area contributed by atoms with Crippen LogP contribution in [0.4, 0.5) is 4.39 Å². The van der Waals surface area contributed by atoms with Crippen LogP contribution >= 0.6 is 11.6 Å². The zero-order valence-corrected chi connectivity index (χ0v) is 10.7. The molecule has 3 aromatic rings. The van der Waals surface area contributed by atoms with Crippen molar-refractivity contribution < 1.29 is 14.3 Å². The molecule has 0 aliphatic heterocycles. The summed E-state index contributed by atoms with van der Waals surface area (Å²) in [5.74, 6) is -0.788. The largest absolute Gasteiger partial charge is 0.478 e. The van der Waals surface area contributed by atoms with Gasteiger partial charge in [-0.05, 0) is 12.1 Å². The molecule has 0 aliphatic carbocycles. The van der Waals surface area contributed by atoms with Crippen molar-refractivity contribution in [2.75, 3.05) is 0 Å². The van der Waals surface area contributed by atoms with E-state index in [-0.39, 0.29) is 5.56 Å². The molecular weight excluding hydrogens is 287 g/mol. The average Bonchev–Trinajstić information content (AvgIpc) is 3.03. The Morgan fingerprint density at radius 2 is 2.30 bits per heavy atom. The van der Waals surface area contributed by atoms with Gasteiger partial charge >= 0.3 is 5.97 Å². The van der Waals surface area contributed by atoms with Crippen LogP contribution < -0.4 is 0 Å². The zero-order valence-electron chi connectivity index (χ0n) is 9.97. The number of nitrogens with zero attached hydrogens (tertiary/aromatic N) is 3. The van der Waals surface area contributed by atoms with Crippen LogP contribution in [0.1, 0.15) is 15.9 Å². The van der Waals surface area contributed by atoms with E-state index < -0.39 is 12.6 Å². The topological polar surface area (TPSA) is 83.8 Å². The fourth-order valence-corrected chi connectivity index (χ4v) is 2.13. The molecule has 3 rings (SSSR count). The molecular formula is C12H8ClFN4O2. The molecule has 0 saturated heterocycles. The van der Waals surface area contributed by atoms with Crippen molar-refractivity contribution in [3.8, 4) is 5.95 Å². The minimum atomic E-state index is -1.08. The van der Waals surface area contributed by atoms with Crippen LogP contribution in [0.2, 0.25) is 5.02 Å². The van der Waals surface area contributed by atoms with Crippen molar-refractivity contribution in [3.63, 3.8) is 0 Å². The van der Waals surface area contributed by atoms with Crippen LogP contribution in [0.15, 0.2) is 24.5 Å². The number of carbonyl (C=O) groups is 1. The van der Waals surface area contributed by atoms with Crippen LogP contribution in [0.5, 0.6) is 0 Å². The smallest absolute Gasteiger partial charge is 0.338 e. The van der Waals surface area contributed by atoms with Gasteiger partial charge in [0.2, 0.25) is 5.95 Å². The number of rotatable bonds is 3. The van der Waals surface area contributed by atoms with Crippen LogP contribution in [0.25, 0.3) is 17.0 Å². The Balaban J connectivity index is 2.14. The van der Waals surface area contributed by atoms with E-state index in [1.54, 1.807) is 6.07 Å². The summed E-state index contributed by atoms with van der Waals surface area (Å²) in [6.45, 7) is -0.682. The SMILES string of the molecule is O=C(O)c1cnn(-c2nc3cc(Cl)cc(CF)c3[nH]2)c1. The van der Waals surface area contributed by atoms with E-state index in [1.807, 2.05) is 0 Å². The Morgan fingerprint density at radius 3 is 2.95 bits per heavy atom. The highest BCUT2D eigenvalue weighted by Gasteiger charge is 2.12. The second-order valence-corrected chi connectivity index (χ2v) is 4.57. The summed E-state index contributed by atoms with van der Waals surface area (Å²) in [4.78, 5) is 17.9. The molecule has 1 aromatic carbocycles. The van der Waals surface area contributed by atoms with E-state index in [1.165, 1.54) is 23.1 Å².